The van der Waals surface area contributed by atoms with E-state index in [0.717, 1.165) is 26.5 Å². The normalized spacial score (nSPS) is 15.2. The number of nitrogens with zero attached hydrogens (tertiary/aromatic N) is 1. The van der Waals surface area contributed by atoms with Gasteiger partial charge in [0.2, 0.25) is 0 Å². The molecule has 1 aliphatic heterocycles. The monoisotopic (exact) mass is 579 g/mol. The number of ether oxygens (including phenoxy) is 1. The Morgan fingerprint density at radius 3 is 2.02 bits per heavy atom. The zero-order chi connectivity index (χ0) is 29.5. The maximum absolute atomic E-state index is 13.5. The van der Waals surface area contributed by atoms with Gasteiger partial charge < -0.3 is 14.5 Å². The van der Waals surface area contributed by atoms with Crippen molar-refractivity contribution in [3.05, 3.63) is 93.9 Å². The smallest absolute Gasteiger partial charge is 0.345 e. The summed E-state index contributed by atoms with van der Waals surface area (Å²) in [5, 5.41) is 0. The van der Waals surface area contributed by atoms with Gasteiger partial charge in [-0.05, 0) is 58.9 Å². The molecular weight excluding hydrogens is 545 g/mol. The number of fused-ring (bicyclic) bond motifs is 1. The lowest BCUT2D eigenvalue weighted by atomic mass is 9.78. The quantitative estimate of drug-likeness (QED) is 0.144. The molecule has 1 amide bonds. The van der Waals surface area contributed by atoms with E-state index >= 15 is 0 Å². The Labute approximate surface area is 239 Å². The van der Waals surface area contributed by atoms with Crippen molar-refractivity contribution in [3.8, 4) is 5.75 Å². The van der Waals surface area contributed by atoms with Gasteiger partial charge in [-0.2, -0.15) is 0 Å². The summed E-state index contributed by atoms with van der Waals surface area (Å²) in [5.74, 6) is -0.446. The molecule has 0 aliphatic carbocycles. The minimum Gasteiger partial charge on any atom is -0.422 e. The second kappa shape index (κ2) is 11.0. The predicted octanol–water partition coefficient (Wildman–Crippen LogP) is 7.12. The van der Waals surface area contributed by atoms with E-state index in [0.29, 0.717) is 21.9 Å². The van der Waals surface area contributed by atoms with Crippen LogP contribution in [0.2, 0.25) is 0 Å². The minimum atomic E-state index is -4.52. The van der Waals surface area contributed by atoms with Gasteiger partial charge in [-0.1, -0.05) is 83.6 Å². The summed E-state index contributed by atoms with van der Waals surface area (Å²) in [5.41, 5.74) is 2.41. The number of esters is 1. The summed E-state index contributed by atoms with van der Waals surface area (Å²) < 4.78 is 18.0. The lowest BCUT2D eigenvalue weighted by Crippen LogP contribution is -2.35. The highest BCUT2D eigenvalue weighted by molar-refractivity contribution is 8.04. The third-order valence-electron chi connectivity index (χ3n) is 6.39. The average Bonchev–Trinajstić information content (AvgIpc) is 2.85. The van der Waals surface area contributed by atoms with Crippen LogP contribution in [0.25, 0.3) is 6.08 Å². The summed E-state index contributed by atoms with van der Waals surface area (Å²) in [6.45, 7) is 12.2. The number of para-hydroxylation sites is 1. The maximum atomic E-state index is 13.5. The number of anilines is 1. The average molecular weight is 580 g/mol. The first kappa shape index (κ1) is 29.8. The Morgan fingerprint density at radius 2 is 1.48 bits per heavy atom. The summed E-state index contributed by atoms with van der Waals surface area (Å²) in [4.78, 5) is 48.2. The van der Waals surface area contributed by atoms with E-state index in [-0.39, 0.29) is 0 Å². The molecule has 0 aromatic heterocycles. The number of thioether (sulfide) groups is 1. The molecule has 7 nitrogen and oxygen atoms in total. The molecule has 0 saturated heterocycles. The van der Waals surface area contributed by atoms with Gasteiger partial charge in [-0.15, -0.1) is 0 Å². The first-order chi connectivity index (χ1) is 18.5. The van der Waals surface area contributed by atoms with Crippen LogP contribution in [0.3, 0.4) is 0 Å². The van der Waals surface area contributed by atoms with Gasteiger partial charge in [0.25, 0.3) is 5.91 Å². The number of hydrogen-bond donors (Lipinski definition) is 2. The number of hydrogen-bond acceptors (Lipinski definition) is 5. The van der Waals surface area contributed by atoms with Crippen molar-refractivity contribution in [2.24, 2.45) is 0 Å². The van der Waals surface area contributed by atoms with Crippen molar-refractivity contribution >= 4 is 43.0 Å². The van der Waals surface area contributed by atoms with Gasteiger partial charge in [0.1, 0.15) is 12.0 Å². The molecule has 0 bridgehead atoms. The number of carbonyl (C=O) groups is 2. The molecule has 0 radical (unpaired) electrons. The SMILES string of the molecule is CC(C)(C)c1cc(/C=C2\Sc3ccccc3N(CP(=O)(O)O)C2=O)cc(C(C)(C)C)c1OC(=O)c1ccccc1. The van der Waals surface area contributed by atoms with E-state index < -0.39 is 36.6 Å². The van der Waals surface area contributed by atoms with Crippen LogP contribution < -0.4 is 9.64 Å². The molecule has 1 aliphatic rings. The van der Waals surface area contributed by atoms with Crippen LogP contribution in [0.15, 0.2) is 76.5 Å². The molecule has 1 heterocycles. The van der Waals surface area contributed by atoms with Gasteiger partial charge in [0, 0.05) is 16.0 Å². The van der Waals surface area contributed by atoms with Crippen LogP contribution in [0.1, 0.15) is 68.6 Å². The summed E-state index contributed by atoms with van der Waals surface area (Å²) in [6.07, 6.45) is 1.03. The Kier molecular flexibility index (Phi) is 8.21. The zero-order valence-corrected chi connectivity index (χ0v) is 25.2. The van der Waals surface area contributed by atoms with Gasteiger partial charge in [-0.3, -0.25) is 14.3 Å². The van der Waals surface area contributed by atoms with E-state index in [1.165, 1.54) is 11.8 Å². The fourth-order valence-corrected chi connectivity index (χ4v) is 6.13. The first-order valence-corrected chi connectivity index (χ1v) is 15.5. The molecule has 4 rings (SSSR count). The van der Waals surface area contributed by atoms with Crippen LogP contribution in [0.4, 0.5) is 5.69 Å². The summed E-state index contributed by atoms with van der Waals surface area (Å²) in [6, 6.07) is 19.7. The van der Waals surface area contributed by atoms with Crippen molar-refractivity contribution < 1.29 is 28.7 Å². The second-order valence-electron chi connectivity index (χ2n) is 11.8. The number of rotatable bonds is 5. The Hall–Kier alpha value is -3.16. The largest absolute Gasteiger partial charge is 0.422 e. The molecule has 2 N–H and O–H groups in total. The van der Waals surface area contributed by atoms with Crippen molar-refractivity contribution in [2.45, 2.75) is 57.3 Å². The van der Waals surface area contributed by atoms with Gasteiger partial charge >= 0.3 is 13.6 Å². The number of amides is 1. The van der Waals surface area contributed by atoms with E-state index in [4.69, 9.17) is 4.74 Å². The summed E-state index contributed by atoms with van der Waals surface area (Å²) in [7, 11) is -4.52. The molecule has 0 atom stereocenters. The van der Waals surface area contributed by atoms with E-state index in [1.807, 2.05) is 71.9 Å². The molecule has 0 saturated carbocycles. The summed E-state index contributed by atoms with van der Waals surface area (Å²) >= 11 is 1.26. The molecule has 0 unspecified atom stereocenters. The molecule has 210 valence electrons. The first-order valence-electron chi connectivity index (χ1n) is 12.9. The molecule has 3 aromatic rings. The molecule has 3 aromatic carbocycles. The standard InChI is InChI=1S/C31H34NO6PS/c1-30(2,3)22-16-20(17-23(31(4,5)6)27(22)38-29(34)21-12-8-7-9-13-21)18-26-28(33)32(19-39(35,36)37)24-14-10-11-15-25(24)40-26/h7-18H,19H2,1-6H3,(H2,35,36,37)/b26-18-. The topological polar surface area (TPSA) is 104 Å². The lowest BCUT2D eigenvalue weighted by Gasteiger charge is -2.31. The minimum absolute atomic E-state index is 0.334. The molecule has 9 heteroatoms. The second-order valence-corrected chi connectivity index (χ2v) is 14.5. The van der Waals surface area contributed by atoms with E-state index in [9.17, 15) is 23.9 Å². The maximum Gasteiger partial charge on any atom is 0.345 e. The van der Waals surface area contributed by atoms with Crippen molar-refractivity contribution in [1.82, 2.24) is 0 Å². The third kappa shape index (κ3) is 6.76. The van der Waals surface area contributed by atoms with Gasteiger partial charge in [0.15, 0.2) is 0 Å². The van der Waals surface area contributed by atoms with Crippen molar-refractivity contribution in [1.29, 1.82) is 0 Å². The van der Waals surface area contributed by atoms with Crippen LogP contribution >= 0.6 is 19.4 Å². The van der Waals surface area contributed by atoms with Crippen LogP contribution in [0, 0.1) is 0 Å². The van der Waals surface area contributed by atoms with E-state index in [1.54, 1.807) is 42.5 Å². The molecule has 0 spiro atoms. The highest BCUT2D eigenvalue weighted by Gasteiger charge is 2.34. The predicted molar refractivity (Wildman–Crippen MR) is 160 cm³/mol. The van der Waals surface area contributed by atoms with Crippen LogP contribution in [0.5, 0.6) is 5.75 Å². The Morgan fingerprint density at radius 1 is 0.925 bits per heavy atom. The van der Waals surface area contributed by atoms with Crippen molar-refractivity contribution in [2.75, 3.05) is 11.2 Å². The zero-order valence-electron chi connectivity index (χ0n) is 23.5. The lowest BCUT2D eigenvalue weighted by molar-refractivity contribution is -0.114. The Bertz CT molecular complexity index is 1490. The van der Waals surface area contributed by atoms with Crippen molar-refractivity contribution in [3.63, 3.8) is 0 Å². The highest BCUT2D eigenvalue weighted by atomic mass is 32.2. The molecular formula is C31H34NO6PS. The van der Waals surface area contributed by atoms with E-state index in [2.05, 4.69) is 0 Å². The molecule has 40 heavy (non-hydrogen) atoms. The number of benzene rings is 3. The van der Waals surface area contributed by atoms with Gasteiger partial charge in [-0.25, -0.2) is 4.79 Å². The fraction of sp³-hybridized carbons (Fsp3) is 0.290. The highest BCUT2D eigenvalue weighted by Crippen LogP contribution is 2.47. The Balaban J connectivity index is 1.86. The van der Waals surface area contributed by atoms with Crippen LogP contribution in [-0.2, 0) is 20.2 Å². The fourth-order valence-electron chi connectivity index (χ4n) is 4.42. The molecule has 0 fully saturated rings. The third-order valence-corrected chi connectivity index (χ3v) is 8.12. The van der Waals surface area contributed by atoms with Crippen LogP contribution in [-0.4, -0.2) is 27.9 Å². The van der Waals surface area contributed by atoms with Gasteiger partial charge in [0.05, 0.1) is 16.2 Å². The number of carbonyl (C=O) groups excluding carboxylic acids is 2.